The van der Waals surface area contributed by atoms with E-state index in [1.807, 2.05) is 0 Å². The van der Waals surface area contributed by atoms with E-state index < -0.39 is 0 Å². The Morgan fingerprint density at radius 1 is 1.08 bits per heavy atom. The van der Waals surface area contributed by atoms with Crippen LogP contribution in [0.5, 0.6) is 0 Å². The molecule has 7 heteroatoms. The minimum atomic E-state index is 0. The van der Waals surface area contributed by atoms with Gasteiger partial charge in [0.1, 0.15) is 0 Å². The highest BCUT2D eigenvalue weighted by atomic mass is 35.5. The van der Waals surface area contributed by atoms with Crippen LogP contribution >= 0.6 is 24.8 Å². The summed E-state index contributed by atoms with van der Waals surface area (Å²) in [7, 11) is 0. The van der Waals surface area contributed by atoms with Crippen LogP contribution in [0.25, 0.3) is 0 Å². The van der Waals surface area contributed by atoms with Gasteiger partial charge in [0, 0.05) is 38.1 Å². The summed E-state index contributed by atoms with van der Waals surface area (Å²) >= 11 is 0. The molecule has 1 amide bonds. The van der Waals surface area contributed by atoms with Gasteiger partial charge in [-0.15, -0.1) is 24.8 Å². The van der Waals surface area contributed by atoms with Crippen molar-refractivity contribution in [1.82, 2.24) is 15.1 Å². The van der Waals surface area contributed by atoms with Crippen molar-refractivity contribution in [3.05, 3.63) is 0 Å². The van der Waals surface area contributed by atoms with Crippen LogP contribution in [0.1, 0.15) is 38.5 Å². The normalized spacial score (nSPS) is 31.8. The first kappa shape index (κ1) is 21.2. The molecule has 3 heterocycles. The maximum atomic E-state index is 13.1. The van der Waals surface area contributed by atoms with Crippen molar-refractivity contribution in [3.8, 4) is 0 Å². The van der Waals surface area contributed by atoms with Crippen LogP contribution in [0.2, 0.25) is 0 Å². The maximum absolute atomic E-state index is 13.1. The fourth-order valence-electron chi connectivity index (χ4n) is 4.94. The number of halogens is 2. The predicted molar refractivity (Wildman–Crippen MR) is 104 cm³/mol. The van der Waals surface area contributed by atoms with Crippen molar-refractivity contribution in [3.63, 3.8) is 0 Å². The number of rotatable bonds is 3. The van der Waals surface area contributed by atoms with E-state index in [1.54, 1.807) is 0 Å². The lowest BCUT2D eigenvalue weighted by molar-refractivity contribution is -0.138. The fraction of sp³-hybridized carbons (Fsp3) is 0.944. The number of ether oxygens (including phenoxy) is 1. The zero-order valence-electron chi connectivity index (χ0n) is 15.1. The highest BCUT2D eigenvalue weighted by Gasteiger charge is 2.59. The summed E-state index contributed by atoms with van der Waals surface area (Å²) in [5.74, 6) is 0.805. The summed E-state index contributed by atoms with van der Waals surface area (Å²) in [6.45, 7) is 7.98. The van der Waals surface area contributed by atoms with E-state index in [-0.39, 0.29) is 24.8 Å². The third kappa shape index (κ3) is 4.62. The molecule has 3 aliphatic heterocycles. The molecule has 2 atom stereocenters. The van der Waals surface area contributed by atoms with E-state index in [1.165, 1.54) is 32.1 Å². The molecule has 1 aliphatic carbocycles. The summed E-state index contributed by atoms with van der Waals surface area (Å²) in [6, 6.07) is 0.439. The van der Waals surface area contributed by atoms with Gasteiger partial charge in [-0.05, 0) is 57.0 Å². The Morgan fingerprint density at radius 3 is 2.52 bits per heavy atom. The molecule has 0 aromatic heterocycles. The number of hydrogen-bond donors (Lipinski definition) is 1. The Hall–Kier alpha value is -0.0700. The molecule has 2 unspecified atom stereocenters. The van der Waals surface area contributed by atoms with Crippen LogP contribution in [0.4, 0.5) is 0 Å². The van der Waals surface area contributed by atoms with Crippen molar-refractivity contribution < 1.29 is 9.53 Å². The first-order valence-corrected chi connectivity index (χ1v) is 9.60. The zero-order chi connectivity index (χ0) is 15.7. The number of hydrogen-bond acceptors (Lipinski definition) is 4. The molecule has 0 aromatic carbocycles. The van der Waals surface area contributed by atoms with Gasteiger partial charge in [0.25, 0.3) is 0 Å². The van der Waals surface area contributed by atoms with Gasteiger partial charge >= 0.3 is 0 Å². The molecule has 1 saturated carbocycles. The molecule has 3 saturated heterocycles. The standard InChI is InChI=1S/C18H31N3O2.2ClH/c22-17(16-13-18(16)4-6-19-7-5-18)21-8-2-1-3-15(21)14-20-9-11-23-12-10-20;;/h15-16,19H,1-14H2;2*1H. The third-order valence-corrected chi connectivity index (χ3v) is 6.57. The molecule has 5 nitrogen and oxygen atoms in total. The molecule has 0 radical (unpaired) electrons. The van der Waals surface area contributed by atoms with Crippen molar-refractivity contribution in [2.75, 3.05) is 52.5 Å². The first-order chi connectivity index (χ1) is 11.3. The number of likely N-dealkylation sites (tertiary alicyclic amines) is 1. The maximum Gasteiger partial charge on any atom is 0.226 e. The molecule has 1 N–H and O–H groups in total. The average molecular weight is 394 g/mol. The molecular weight excluding hydrogens is 361 g/mol. The fourth-order valence-corrected chi connectivity index (χ4v) is 4.94. The summed E-state index contributed by atoms with van der Waals surface area (Å²) in [4.78, 5) is 17.9. The number of amides is 1. The quantitative estimate of drug-likeness (QED) is 0.795. The van der Waals surface area contributed by atoms with Crippen molar-refractivity contribution in [1.29, 1.82) is 0 Å². The Labute approximate surface area is 164 Å². The SMILES string of the molecule is Cl.Cl.O=C(C1CC12CCNCC2)N1CCCCC1CN1CCOCC1. The van der Waals surface area contributed by atoms with Crippen LogP contribution in [0.15, 0.2) is 0 Å². The lowest BCUT2D eigenvalue weighted by Crippen LogP contribution is -2.52. The Kier molecular flexibility index (Phi) is 7.84. The molecule has 0 aromatic rings. The van der Waals surface area contributed by atoms with Crippen molar-refractivity contribution in [2.24, 2.45) is 11.3 Å². The number of carbonyl (C=O) groups is 1. The second-order valence-electron chi connectivity index (χ2n) is 7.96. The van der Waals surface area contributed by atoms with Gasteiger partial charge in [0.05, 0.1) is 13.2 Å². The van der Waals surface area contributed by atoms with Gasteiger partial charge in [0.2, 0.25) is 5.91 Å². The van der Waals surface area contributed by atoms with E-state index in [0.717, 1.165) is 58.9 Å². The van der Waals surface area contributed by atoms with E-state index in [2.05, 4.69) is 15.1 Å². The summed E-state index contributed by atoms with van der Waals surface area (Å²) in [5.41, 5.74) is 0.364. The smallest absolute Gasteiger partial charge is 0.226 e. The zero-order valence-corrected chi connectivity index (χ0v) is 16.7. The van der Waals surface area contributed by atoms with Gasteiger partial charge in [-0.2, -0.15) is 0 Å². The van der Waals surface area contributed by atoms with Gasteiger partial charge < -0.3 is 15.0 Å². The molecule has 146 valence electrons. The largest absolute Gasteiger partial charge is 0.379 e. The van der Waals surface area contributed by atoms with Crippen molar-refractivity contribution in [2.45, 2.75) is 44.6 Å². The van der Waals surface area contributed by atoms with Crippen molar-refractivity contribution >= 4 is 30.7 Å². The van der Waals surface area contributed by atoms with E-state index in [0.29, 0.717) is 23.3 Å². The molecule has 1 spiro atoms. The Bertz CT molecular complexity index is 440. The predicted octanol–water partition coefficient (Wildman–Crippen LogP) is 1.93. The van der Waals surface area contributed by atoms with Gasteiger partial charge in [-0.3, -0.25) is 9.69 Å². The number of nitrogens with zero attached hydrogens (tertiary/aromatic N) is 2. The molecule has 0 bridgehead atoms. The molecular formula is C18H33Cl2N3O2. The highest BCUT2D eigenvalue weighted by molar-refractivity contribution is 5.85. The number of nitrogens with one attached hydrogen (secondary N) is 1. The highest BCUT2D eigenvalue weighted by Crippen LogP contribution is 2.59. The van der Waals surface area contributed by atoms with Crippen LogP contribution in [0, 0.1) is 11.3 Å². The number of morpholine rings is 1. The van der Waals surface area contributed by atoms with Gasteiger partial charge in [-0.1, -0.05) is 0 Å². The summed E-state index contributed by atoms with van der Waals surface area (Å²) < 4.78 is 5.46. The van der Waals surface area contributed by atoms with Gasteiger partial charge in [0.15, 0.2) is 0 Å². The lowest BCUT2D eigenvalue weighted by Gasteiger charge is -2.40. The summed E-state index contributed by atoms with van der Waals surface area (Å²) in [5, 5.41) is 3.44. The number of carbonyl (C=O) groups excluding carboxylic acids is 1. The van der Waals surface area contributed by atoms with E-state index in [4.69, 9.17) is 4.74 Å². The monoisotopic (exact) mass is 393 g/mol. The third-order valence-electron chi connectivity index (χ3n) is 6.57. The van der Waals surface area contributed by atoms with Crippen LogP contribution < -0.4 is 5.32 Å². The minimum absolute atomic E-state index is 0. The van der Waals surface area contributed by atoms with Crippen LogP contribution in [0.3, 0.4) is 0 Å². The topological polar surface area (TPSA) is 44.8 Å². The first-order valence-electron chi connectivity index (χ1n) is 9.60. The Morgan fingerprint density at radius 2 is 1.80 bits per heavy atom. The summed E-state index contributed by atoms with van der Waals surface area (Å²) in [6.07, 6.45) is 7.19. The van der Waals surface area contributed by atoms with Gasteiger partial charge in [-0.25, -0.2) is 0 Å². The average Bonchev–Trinajstić information content (AvgIpc) is 3.29. The second kappa shape index (κ2) is 9.23. The minimum Gasteiger partial charge on any atom is -0.379 e. The molecule has 25 heavy (non-hydrogen) atoms. The number of piperidine rings is 2. The molecule has 4 rings (SSSR count). The van der Waals surface area contributed by atoms with Crippen LogP contribution in [-0.2, 0) is 9.53 Å². The van der Waals surface area contributed by atoms with Crippen LogP contribution in [-0.4, -0.2) is 74.2 Å². The second-order valence-corrected chi connectivity index (χ2v) is 7.96. The van der Waals surface area contributed by atoms with E-state index in [9.17, 15) is 4.79 Å². The van der Waals surface area contributed by atoms with E-state index >= 15 is 0 Å². The molecule has 4 aliphatic rings. The Balaban J connectivity index is 0.00000113. The molecule has 4 fully saturated rings. The lowest BCUT2D eigenvalue weighted by atomic mass is 9.91.